The Morgan fingerprint density at radius 1 is 0.531 bits per heavy atom. The Morgan fingerprint density at radius 2 is 1.09 bits per heavy atom. The summed E-state index contributed by atoms with van der Waals surface area (Å²) in [4.78, 5) is 0. The predicted octanol–water partition coefficient (Wildman–Crippen LogP) is 20.6. The van der Waals surface area contributed by atoms with Crippen LogP contribution in [0.4, 0.5) is 0 Å². The molecule has 0 atom stereocenters. The van der Waals surface area contributed by atoms with Crippen LogP contribution in [-0.2, 0) is 0 Å². The van der Waals surface area contributed by atoms with Crippen molar-refractivity contribution < 1.29 is 4.42 Å². The number of fused-ring (bicyclic) bond motifs is 3. The van der Waals surface area contributed by atoms with Gasteiger partial charge in [0, 0.05) is 16.3 Å². The second kappa shape index (κ2) is 25.0. The molecule has 1 nitrogen and oxygen atoms in total. The average molecular weight is 845 g/mol. The highest BCUT2D eigenvalue weighted by atomic mass is 16.3. The molecule has 0 aliphatic heterocycles. The summed E-state index contributed by atoms with van der Waals surface area (Å²) in [6.07, 6.45) is 13.7. The van der Waals surface area contributed by atoms with Gasteiger partial charge in [0.15, 0.2) is 0 Å². The van der Waals surface area contributed by atoms with Gasteiger partial charge in [0.1, 0.15) is 11.2 Å². The standard InChI is InChI=1S/C42H28O.C8H14.C7H12.3C2H6/c1-25-10-12-27(13-11-25)32-20-14-28-17-23-37-34(21-15-29-16-22-36(32)40(28)41(29)37)31-19-18-30(24-26(31)2)33-7-5-8-38-35-6-3-4-9-39(35)43-42(33)38;1-4-6-7-8(3)5-2;1-4-5-6-7(2)3;3*1-2/h3-24H,1-2H3;5-7H,4H2,1-3H3;4-6H,1-3H3;3*1-2H3/b;7-6-,8-5+;5-4-;;;. The van der Waals surface area contributed by atoms with Gasteiger partial charge in [-0.2, -0.15) is 0 Å². The Labute approximate surface area is 385 Å². The summed E-state index contributed by atoms with van der Waals surface area (Å²) >= 11 is 0. The number of hydrogen-bond acceptors (Lipinski definition) is 1. The molecule has 330 valence electrons. The largest absolute Gasteiger partial charge is 0.455 e. The molecule has 0 N–H and O–H groups in total. The number of rotatable bonds is 6. The molecule has 0 unspecified atom stereocenters. The number of para-hydroxylation sites is 2. The van der Waals surface area contributed by atoms with E-state index in [4.69, 9.17) is 4.42 Å². The minimum absolute atomic E-state index is 0.928. The van der Waals surface area contributed by atoms with Crippen LogP contribution < -0.4 is 0 Å². The molecule has 1 heteroatoms. The molecule has 64 heavy (non-hydrogen) atoms. The molecular weight excluding hydrogens is 773 g/mol. The van der Waals surface area contributed by atoms with Crippen molar-refractivity contribution in [2.75, 3.05) is 0 Å². The van der Waals surface area contributed by atoms with Crippen molar-refractivity contribution in [1.82, 2.24) is 0 Å². The molecule has 0 aliphatic rings. The molecule has 0 bridgehead atoms. The molecule has 0 saturated heterocycles. The summed E-state index contributed by atoms with van der Waals surface area (Å²) in [6.45, 7) is 28.8. The van der Waals surface area contributed by atoms with Gasteiger partial charge >= 0.3 is 0 Å². The first-order valence-electron chi connectivity index (χ1n) is 23.6. The summed E-state index contributed by atoms with van der Waals surface area (Å²) in [5, 5.41) is 10.2. The highest BCUT2D eigenvalue weighted by Gasteiger charge is 2.17. The van der Waals surface area contributed by atoms with Crippen molar-refractivity contribution in [3.63, 3.8) is 0 Å². The molecule has 0 radical (unpaired) electrons. The van der Waals surface area contributed by atoms with Crippen molar-refractivity contribution in [2.45, 2.75) is 103 Å². The normalized spacial score (nSPS) is 11.0. The van der Waals surface area contributed by atoms with Crippen LogP contribution in [0.15, 0.2) is 185 Å². The van der Waals surface area contributed by atoms with Gasteiger partial charge in [-0.1, -0.05) is 229 Å². The van der Waals surface area contributed by atoms with Crippen LogP contribution in [0.1, 0.15) is 101 Å². The first-order chi connectivity index (χ1) is 31.2. The number of benzene rings is 8. The summed E-state index contributed by atoms with van der Waals surface area (Å²) in [5.41, 5.74) is 14.5. The minimum atomic E-state index is 0.928. The van der Waals surface area contributed by atoms with Gasteiger partial charge in [-0.15, -0.1) is 0 Å². The molecule has 9 aromatic rings. The topological polar surface area (TPSA) is 13.1 Å². The second-order valence-electron chi connectivity index (χ2n) is 15.4. The van der Waals surface area contributed by atoms with E-state index in [2.05, 4.69) is 194 Å². The molecule has 0 spiro atoms. The zero-order valence-corrected chi connectivity index (χ0v) is 41.3. The zero-order chi connectivity index (χ0) is 46.8. The molecule has 0 saturated carbocycles. The van der Waals surface area contributed by atoms with Gasteiger partial charge in [-0.25, -0.2) is 0 Å². The highest BCUT2D eigenvalue weighted by molar-refractivity contribution is 6.27. The van der Waals surface area contributed by atoms with Gasteiger partial charge in [-0.05, 0) is 127 Å². The third-order valence-corrected chi connectivity index (χ3v) is 11.0. The average Bonchev–Trinajstić information content (AvgIpc) is 3.73. The van der Waals surface area contributed by atoms with E-state index in [1.54, 1.807) is 0 Å². The van der Waals surface area contributed by atoms with E-state index < -0.39 is 0 Å². The van der Waals surface area contributed by atoms with Crippen LogP contribution in [0.5, 0.6) is 0 Å². The lowest BCUT2D eigenvalue weighted by Crippen LogP contribution is -1.91. The Balaban J connectivity index is 0.000000363. The van der Waals surface area contributed by atoms with Gasteiger partial charge < -0.3 is 4.42 Å². The molecular formula is C63H72O. The smallest absolute Gasteiger partial charge is 0.143 e. The van der Waals surface area contributed by atoms with Crippen molar-refractivity contribution in [3.8, 4) is 33.4 Å². The van der Waals surface area contributed by atoms with Crippen LogP contribution in [-0.4, -0.2) is 0 Å². The first kappa shape index (κ1) is 50.2. The van der Waals surface area contributed by atoms with Crippen LogP contribution in [0.2, 0.25) is 0 Å². The van der Waals surface area contributed by atoms with E-state index in [1.165, 1.54) is 82.4 Å². The molecule has 0 amide bonds. The van der Waals surface area contributed by atoms with Crippen LogP contribution in [0, 0.1) is 13.8 Å². The summed E-state index contributed by atoms with van der Waals surface area (Å²) in [6, 6.07) is 48.8. The fourth-order valence-corrected chi connectivity index (χ4v) is 7.82. The third-order valence-electron chi connectivity index (χ3n) is 11.0. The van der Waals surface area contributed by atoms with Gasteiger partial charge in [0.2, 0.25) is 0 Å². The van der Waals surface area contributed by atoms with E-state index >= 15 is 0 Å². The van der Waals surface area contributed by atoms with Crippen molar-refractivity contribution in [1.29, 1.82) is 0 Å². The lowest BCUT2D eigenvalue weighted by atomic mass is 9.86. The van der Waals surface area contributed by atoms with Gasteiger partial charge in [0.05, 0.1) is 0 Å². The zero-order valence-electron chi connectivity index (χ0n) is 41.3. The molecule has 0 aliphatic carbocycles. The summed E-state index contributed by atoms with van der Waals surface area (Å²) < 4.78 is 6.36. The maximum absolute atomic E-state index is 6.36. The van der Waals surface area contributed by atoms with Gasteiger partial charge in [-0.3, -0.25) is 0 Å². The lowest BCUT2D eigenvalue weighted by Gasteiger charge is -2.17. The van der Waals surface area contributed by atoms with E-state index in [0.29, 0.717) is 0 Å². The molecule has 1 heterocycles. The van der Waals surface area contributed by atoms with Crippen molar-refractivity contribution in [3.05, 3.63) is 192 Å². The minimum Gasteiger partial charge on any atom is -0.455 e. The fraction of sp³-hybridized carbons (Fsp3) is 0.238. The number of allylic oxidation sites excluding steroid dienone is 8. The lowest BCUT2D eigenvalue weighted by molar-refractivity contribution is 0.670. The van der Waals surface area contributed by atoms with E-state index in [-0.39, 0.29) is 0 Å². The van der Waals surface area contributed by atoms with Crippen LogP contribution in [0.25, 0.3) is 87.6 Å². The first-order valence-corrected chi connectivity index (χ1v) is 23.6. The quantitative estimate of drug-likeness (QED) is 0.120. The maximum atomic E-state index is 6.36. The second-order valence-corrected chi connectivity index (χ2v) is 15.4. The fourth-order valence-electron chi connectivity index (χ4n) is 7.82. The maximum Gasteiger partial charge on any atom is 0.143 e. The number of hydrogen-bond donors (Lipinski definition) is 0. The number of aryl methyl sites for hydroxylation is 2. The molecule has 8 aromatic carbocycles. The SMILES string of the molecule is C/C=C(C)/C=C\CC.C/C=C\C=C(C)C.CC.CC.CC.Cc1ccc(-c2ccc3ccc4c(-c5ccc(-c6cccc7c6oc6ccccc67)cc5C)ccc5ccc2c3c54)cc1. The Bertz CT molecular complexity index is 2970. The highest BCUT2D eigenvalue weighted by Crippen LogP contribution is 2.44. The third kappa shape index (κ3) is 11.6. The molecule has 1 aromatic heterocycles. The van der Waals surface area contributed by atoms with E-state index in [9.17, 15) is 0 Å². The van der Waals surface area contributed by atoms with Crippen LogP contribution in [0.3, 0.4) is 0 Å². The Kier molecular flexibility index (Phi) is 19.6. The Morgan fingerprint density at radius 3 is 1.67 bits per heavy atom. The van der Waals surface area contributed by atoms with Crippen LogP contribution >= 0.6 is 0 Å². The Hall–Kier alpha value is -6.44. The van der Waals surface area contributed by atoms with Gasteiger partial charge in [0.25, 0.3) is 0 Å². The van der Waals surface area contributed by atoms with E-state index in [1.807, 2.05) is 72.8 Å². The number of furan rings is 1. The van der Waals surface area contributed by atoms with E-state index in [0.717, 1.165) is 33.9 Å². The van der Waals surface area contributed by atoms with Crippen molar-refractivity contribution in [2.24, 2.45) is 0 Å². The molecule has 9 rings (SSSR count). The van der Waals surface area contributed by atoms with Crippen molar-refractivity contribution >= 4 is 54.3 Å². The summed E-state index contributed by atoms with van der Waals surface area (Å²) in [5.74, 6) is 0. The summed E-state index contributed by atoms with van der Waals surface area (Å²) in [7, 11) is 0. The molecule has 0 fully saturated rings. The monoisotopic (exact) mass is 845 g/mol. The predicted molar refractivity (Wildman–Crippen MR) is 290 cm³/mol.